The van der Waals surface area contributed by atoms with Crippen LogP contribution in [0.5, 0.6) is 0 Å². The third-order valence-corrected chi connectivity index (χ3v) is 2.60. The minimum atomic E-state index is -1.15. The Morgan fingerprint density at radius 1 is 1.47 bits per heavy atom. The molecule has 2 rings (SSSR count). The van der Waals surface area contributed by atoms with E-state index in [0.717, 1.165) is 4.90 Å². The van der Waals surface area contributed by atoms with Crippen molar-refractivity contribution in [2.24, 2.45) is 5.92 Å². The van der Waals surface area contributed by atoms with E-state index in [9.17, 15) is 14.4 Å². The molecule has 1 atom stereocenters. The van der Waals surface area contributed by atoms with Gasteiger partial charge in [-0.05, 0) is 12.1 Å². The standard InChI is InChI=1S/C11H10N2O4/c1-6-4-9(14)13(10(6)15)7-2-3-8(11(16)17)12-5-7/h2-3,5-6H,4H2,1H3,(H,16,17). The maximum atomic E-state index is 11.7. The van der Waals surface area contributed by atoms with E-state index in [-0.39, 0.29) is 29.8 Å². The Hall–Kier alpha value is -2.24. The second-order valence-electron chi connectivity index (χ2n) is 3.88. The van der Waals surface area contributed by atoms with Crippen molar-refractivity contribution in [1.29, 1.82) is 0 Å². The van der Waals surface area contributed by atoms with Gasteiger partial charge in [-0.15, -0.1) is 0 Å². The van der Waals surface area contributed by atoms with Crippen LogP contribution in [0.2, 0.25) is 0 Å². The fourth-order valence-electron chi connectivity index (χ4n) is 1.70. The van der Waals surface area contributed by atoms with Crippen molar-refractivity contribution in [3.63, 3.8) is 0 Å². The SMILES string of the molecule is CC1CC(=O)N(c2ccc(C(=O)O)nc2)C1=O. The fourth-order valence-corrected chi connectivity index (χ4v) is 1.70. The van der Waals surface area contributed by atoms with Gasteiger partial charge in [0.1, 0.15) is 5.69 Å². The molecular weight excluding hydrogens is 224 g/mol. The molecule has 0 radical (unpaired) electrons. The molecule has 6 nitrogen and oxygen atoms in total. The number of anilines is 1. The number of carbonyl (C=O) groups is 3. The lowest BCUT2D eigenvalue weighted by Gasteiger charge is -2.13. The Balaban J connectivity index is 2.32. The molecule has 0 aromatic carbocycles. The number of hydrogen-bond acceptors (Lipinski definition) is 4. The summed E-state index contributed by atoms with van der Waals surface area (Å²) in [5, 5.41) is 8.68. The zero-order chi connectivity index (χ0) is 12.6. The van der Waals surface area contributed by atoms with Gasteiger partial charge in [0.05, 0.1) is 11.9 Å². The number of carboxylic acids is 1. The molecule has 1 fully saturated rings. The molecule has 0 bridgehead atoms. The van der Waals surface area contributed by atoms with Gasteiger partial charge in [-0.3, -0.25) is 9.59 Å². The zero-order valence-electron chi connectivity index (χ0n) is 9.08. The number of pyridine rings is 1. The Bertz CT molecular complexity index is 495. The lowest BCUT2D eigenvalue weighted by molar-refractivity contribution is -0.122. The second kappa shape index (κ2) is 3.97. The van der Waals surface area contributed by atoms with Crippen LogP contribution in [0.15, 0.2) is 18.3 Å². The fraction of sp³-hybridized carbons (Fsp3) is 0.273. The number of nitrogens with zero attached hydrogens (tertiary/aromatic N) is 2. The van der Waals surface area contributed by atoms with Gasteiger partial charge in [-0.25, -0.2) is 14.7 Å². The predicted molar refractivity (Wildman–Crippen MR) is 57.5 cm³/mol. The Morgan fingerprint density at radius 3 is 2.59 bits per heavy atom. The van der Waals surface area contributed by atoms with E-state index in [1.54, 1.807) is 6.92 Å². The van der Waals surface area contributed by atoms with Crippen LogP contribution >= 0.6 is 0 Å². The molecule has 0 spiro atoms. The number of aromatic nitrogens is 1. The molecule has 1 aromatic rings. The molecule has 0 aliphatic carbocycles. The van der Waals surface area contributed by atoms with Crippen LogP contribution in [-0.2, 0) is 9.59 Å². The number of amides is 2. The number of carbonyl (C=O) groups excluding carboxylic acids is 2. The first-order chi connectivity index (χ1) is 8.00. The van der Waals surface area contributed by atoms with Crippen LogP contribution in [0.25, 0.3) is 0 Å². The van der Waals surface area contributed by atoms with E-state index in [4.69, 9.17) is 5.11 Å². The van der Waals surface area contributed by atoms with Crippen LogP contribution in [0.4, 0.5) is 5.69 Å². The Kier molecular flexibility index (Phi) is 2.63. The number of hydrogen-bond donors (Lipinski definition) is 1. The summed E-state index contributed by atoms with van der Waals surface area (Å²) in [6.45, 7) is 1.68. The highest BCUT2D eigenvalue weighted by molar-refractivity contribution is 6.20. The highest BCUT2D eigenvalue weighted by Crippen LogP contribution is 2.25. The Morgan fingerprint density at radius 2 is 2.18 bits per heavy atom. The molecule has 1 unspecified atom stereocenters. The van der Waals surface area contributed by atoms with Gasteiger partial charge in [0.25, 0.3) is 0 Å². The van der Waals surface area contributed by atoms with Gasteiger partial charge in [-0.2, -0.15) is 0 Å². The monoisotopic (exact) mass is 234 g/mol. The maximum Gasteiger partial charge on any atom is 0.354 e. The smallest absolute Gasteiger partial charge is 0.354 e. The van der Waals surface area contributed by atoms with E-state index in [1.807, 2.05) is 0 Å². The normalized spacial score (nSPS) is 19.8. The quantitative estimate of drug-likeness (QED) is 0.760. The van der Waals surface area contributed by atoms with Crippen molar-refractivity contribution in [2.75, 3.05) is 4.90 Å². The summed E-state index contributed by atoms with van der Waals surface area (Å²) in [4.78, 5) is 38.6. The third-order valence-electron chi connectivity index (χ3n) is 2.60. The van der Waals surface area contributed by atoms with Gasteiger partial charge in [0, 0.05) is 12.3 Å². The van der Waals surface area contributed by atoms with Gasteiger partial charge < -0.3 is 5.11 Å². The van der Waals surface area contributed by atoms with Crippen molar-refractivity contribution in [1.82, 2.24) is 4.98 Å². The first-order valence-electron chi connectivity index (χ1n) is 5.07. The average Bonchev–Trinajstić information content (AvgIpc) is 2.53. The summed E-state index contributed by atoms with van der Waals surface area (Å²) in [5.74, 6) is -2.04. The first kappa shape index (κ1) is 11.3. The van der Waals surface area contributed by atoms with Gasteiger partial charge >= 0.3 is 5.97 Å². The molecule has 1 aromatic heterocycles. The first-order valence-corrected chi connectivity index (χ1v) is 5.07. The van der Waals surface area contributed by atoms with Crippen LogP contribution < -0.4 is 4.90 Å². The van der Waals surface area contributed by atoms with Crippen LogP contribution in [0, 0.1) is 5.92 Å². The summed E-state index contributed by atoms with van der Waals surface area (Å²) in [5.41, 5.74) is 0.190. The molecule has 6 heteroatoms. The molecule has 0 saturated carbocycles. The molecule has 1 aliphatic rings. The number of rotatable bonds is 2. The third kappa shape index (κ3) is 1.89. The largest absolute Gasteiger partial charge is 0.477 e. The van der Waals surface area contributed by atoms with Gasteiger partial charge in [-0.1, -0.05) is 6.92 Å². The van der Waals surface area contributed by atoms with Crippen molar-refractivity contribution < 1.29 is 19.5 Å². The molecule has 2 amide bonds. The van der Waals surface area contributed by atoms with E-state index in [0.29, 0.717) is 5.69 Å². The van der Waals surface area contributed by atoms with Crippen LogP contribution in [-0.4, -0.2) is 27.9 Å². The number of aromatic carboxylic acids is 1. The van der Waals surface area contributed by atoms with Gasteiger partial charge in [0.2, 0.25) is 11.8 Å². The number of carboxylic acid groups (broad SMARTS) is 1. The highest BCUT2D eigenvalue weighted by Gasteiger charge is 2.36. The minimum Gasteiger partial charge on any atom is -0.477 e. The molecule has 88 valence electrons. The molecule has 1 saturated heterocycles. The Labute approximate surface area is 96.9 Å². The summed E-state index contributed by atoms with van der Waals surface area (Å²) in [7, 11) is 0. The van der Waals surface area contributed by atoms with E-state index >= 15 is 0 Å². The predicted octanol–water partition coefficient (Wildman–Crippen LogP) is 0.679. The summed E-state index contributed by atoms with van der Waals surface area (Å²) in [6.07, 6.45) is 1.40. The lowest BCUT2D eigenvalue weighted by Crippen LogP contribution is -2.30. The van der Waals surface area contributed by atoms with Crippen LogP contribution in [0.1, 0.15) is 23.8 Å². The minimum absolute atomic E-state index is 0.124. The molecule has 2 heterocycles. The van der Waals surface area contributed by atoms with Crippen LogP contribution in [0.3, 0.4) is 0 Å². The van der Waals surface area contributed by atoms with Gasteiger partial charge in [0.15, 0.2) is 0 Å². The second-order valence-corrected chi connectivity index (χ2v) is 3.88. The van der Waals surface area contributed by atoms with E-state index in [2.05, 4.69) is 4.98 Å². The molecule has 1 aliphatic heterocycles. The number of imide groups is 1. The van der Waals surface area contributed by atoms with Crippen molar-refractivity contribution >= 4 is 23.5 Å². The van der Waals surface area contributed by atoms with Crippen molar-refractivity contribution in [3.05, 3.63) is 24.0 Å². The maximum absolute atomic E-state index is 11.7. The summed E-state index contributed by atoms with van der Waals surface area (Å²) < 4.78 is 0. The summed E-state index contributed by atoms with van der Waals surface area (Å²) >= 11 is 0. The topological polar surface area (TPSA) is 87.6 Å². The lowest BCUT2D eigenvalue weighted by atomic mass is 10.1. The van der Waals surface area contributed by atoms with E-state index in [1.165, 1.54) is 18.3 Å². The molecule has 1 N–H and O–H groups in total. The average molecular weight is 234 g/mol. The summed E-state index contributed by atoms with van der Waals surface area (Å²) in [6, 6.07) is 2.67. The molecule has 17 heavy (non-hydrogen) atoms. The van der Waals surface area contributed by atoms with Crippen molar-refractivity contribution in [3.8, 4) is 0 Å². The zero-order valence-corrected chi connectivity index (χ0v) is 9.08. The van der Waals surface area contributed by atoms with E-state index < -0.39 is 5.97 Å². The van der Waals surface area contributed by atoms with Crippen molar-refractivity contribution in [2.45, 2.75) is 13.3 Å². The molecular formula is C11H10N2O4. The highest BCUT2D eigenvalue weighted by atomic mass is 16.4.